The highest BCUT2D eigenvalue weighted by atomic mass is 16.6. The van der Waals surface area contributed by atoms with Crippen LogP contribution in [0, 0.1) is 5.92 Å². The maximum absolute atomic E-state index is 12.5. The van der Waals surface area contributed by atoms with Gasteiger partial charge in [0.05, 0.1) is 12.0 Å². The van der Waals surface area contributed by atoms with Crippen molar-refractivity contribution in [2.24, 2.45) is 11.7 Å². The van der Waals surface area contributed by atoms with E-state index in [1.54, 1.807) is 13.1 Å². The van der Waals surface area contributed by atoms with Gasteiger partial charge in [-0.1, -0.05) is 57.9 Å². The van der Waals surface area contributed by atoms with Gasteiger partial charge in [-0.25, -0.2) is 4.79 Å². The molecule has 0 aliphatic rings. The van der Waals surface area contributed by atoms with E-state index >= 15 is 0 Å². The predicted octanol–water partition coefficient (Wildman–Crippen LogP) is 3.64. The van der Waals surface area contributed by atoms with Crippen LogP contribution >= 0.6 is 0 Å². The molecule has 2 heterocycles. The Morgan fingerprint density at radius 1 is 1.19 bits per heavy atom. The molecule has 2 aromatic heterocycles. The Morgan fingerprint density at radius 3 is 2.56 bits per heavy atom. The fourth-order valence-electron chi connectivity index (χ4n) is 3.72. The third-order valence-electron chi connectivity index (χ3n) is 6.21. The highest BCUT2D eigenvalue weighted by Crippen LogP contribution is 2.26. The van der Waals surface area contributed by atoms with Gasteiger partial charge in [-0.3, -0.25) is 9.36 Å². The van der Waals surface area contributed by atoms with E-state index in [0.717, 1.165) is 12.0 Å². The molecule has 9 nitrogen and oxygen atoms in total. The quantitative estimate of drug-likeness (QED) is 0.269. The SMILES string of the molecule is CCCCCc1ccc(-c2cc3cn(COC(CO)C(C)OC(=O)C(N)C(C)C)c(=O)nc3o2)cc1. The number of unbranched alkanes of at least 4 members (excludes halogenated alkanes) is 2. The molecule has 9 heteroatoms. The number of aliphatic hydroxyl groups excluding tert-OH is 1. The van der Waals surface area contributed by atoms with Crippen molar-refractivity contribution in [2.75, 3.05) is 6.61 Å². The second-order valence-electron chi connectivity index (χ2n) is 9.45. The first-order chi connectivity index (χ1) is 17.2. The minimum Gasteiger partial charge on any atom is -0.459 e. The number of benzene rings is 1. The Bertz CT molecular complexity index is 1180. The Balaban J connectivity index is 1.68. The summed E-state index contributed by atoms with van der Waals surface area (Å²) in [7, 11) is 0. The molecule has 0 bridgehead atoms. The standard InChI is InChI=1S/C27H37N3O6/c1-5-6-7-8-19-9-11-20(12-10-19)22-13-21-14-30(27(33)29-25(21)36-22)16-34-23(15-31)18(4)35-26(32)24(28)17(2)3/h9-14,17-18,23-24,31H,5-8,15-16,28H2,1-4H3. The average molecular weight is 500 g/mol. The maximum Gasteiger partial charge on any atom is 0.352 e. The first kappa shape index (κ1) is 27.6. The summed E-state index contributed by atoms with van der Waals surface area (Å²) in [5, 5.41) is 10.4. The predicted molar refractivity (Wildman–Crippen MR) is 137 cm³/mol. The second kappa shape index (κ2) is 12.8. The Hall–Kier alpha value is -3.01. The van der Waals surface area contributed by atoms with Crippen LogP contribution in [0.2, 0.25) is 0 Å². The van der Waals surface area contributed by atoms with Gasteiger partial charge in [0.1, 0.15) is 30.7 Å². The van der Waals surface area contributed by atoms with E-state index in [0.29, 0.717) is 11.1 Å². The molecule has 3 unspecified atom stereocenters. The van der Waals surface area contributed by atoms with E-state index in [4.69, 9.17) is 19.6 Å². The van der Waals surface area contributed by atoms with E-state index in [9.17, 15) is 14.7 Å². The molecule has 0 fully saturated rings. The third kappa shape index (κ3) is 7.02. The zero-order valence-electron chi connectivity index (χ0n) is 21.5. The van der Waals surface area contributed by atoms with Gasteiger partial charge in [0.15, 0.2) is 0 Å². The van der Waals surface area contributed by atoms with Crippen LogP contribution in [0.15, 0.2) is 45.7 Å². The van der Waals surface area contributed by atoms with Gasteiger partial charge in [-0.2, -0.15) is 4.98 Å². The molecule has 0 radical (unpaired) electrons. The van der Waals surface area contributed by atoms with Crippen LogP contribution < -0.4 is 11.4 Å². The fraction of sp³-hybridized carbons (Fsp3) is 0.519. The Kier molecular flexibility index (Phi) is 9.81. The molecule has 3 rings (SSSR count). The number of fused-ring (bicyclic) bond motifs is 1. The number of rotatable bonds is 13. The minimum atomic E-state index is -0.841. The number of nitrogens with two attached hydrogens (primary N) is 1. The number of carbonyl (C=O) groups is 1. The number of ether oxygens (including phenoxy) is 2. The molecule has 3 N–H and O–H groups in total. The zero-order chi connectivity index (χ0) is 26.2. The summed E-state index contributed by atoms with van der Waals surface area (Å²) in [5.74, 6) is -0.0381. The topological polar surface area (TPSA) is 130 Å². The monoisotopic (exact) mass is 499 g/mol. The number of hydrogen-bond donors (Lipinski definition) is 2. The fourth-order valence-corrected chi connectivity index (χ4v) is 3.72. The molecule has 0 amide bonds. The van der Waals surface area contributed by atoms with E-state index in [1.807, 2.05) is 32.0 Å². The van der Waals surface area contributed by atoms with E-state index < -0.39 is 36.5 Å². The summed E-state index contributed by atoms with van der Waals surface area (Å²) >= 11 is 0. The van der Waals surface area contributed by atoms with E-state index in [2.05, 4.69) is 24.0 Å². The molecular formula is C27H37N3O6. The van der Waals surface area contributed by atoms with Crippen molar-refractivity contribution in [3.63, 3.8) is 0 Å². The molecular weight excluding hydrogens is 462 g/mol. The first-order valence-corrected chi connectivity index (χ1v) is 12.5. The molecule has 3 atom stereocenters. The van der Waals surface area contributed by atoms with Crippen molar-refractivity contribution in [2.45, 2.75) is 78.4 Å². The van der Waals surface area contributed by atoms with Crippen LogP contribution in [0.1, 0.15) is 52.5 Å². The first-order valence-electron chi connectivity index (χ1n) is 12.5. The summed E-state index contributed by atoms with van der Waals surface area (Å²) in [5.41, 5.74) is 7.68. The van der Waals surface area contributed by atoms with Gasteiger partial charge in [0, 0.05) is 11.8 Å². The lowest BCUT2D eigenvalue weighted by molar-refractivity contribution is -0.163. The maximum atomic E-state index is 12.5. The summed E-state index contributed by atoms with van der Waals surface area (Å²) in [6.07, 6.45) is 4.62. The molecule has 0 saturated carbocycles. The Labute approximate surface area is 211 Å². The molecule has 3 aromatic rings. The molecule has 1 aromatic carbocycles. The number of aromatic nitrogens is 2. The number of nitrogens with zero attached hydrogens (tertiary/aromatic N) is 2. The van der Waals surface area contributed by atoms with Gasteiger partial charge in [-0.15, -0.1) is 0 Å². The largest absolute Gasteiger partial charge is 0.459 e. The molecule has 196 valence electrons. The second-order valence-corrected chi connectivity index (χ2v) is 9.45. The zero-order valence-corrected chi connectivity index (χ0v) is 21.5. The average Bonchev–Trinajstić information content (AvgIpc) is 3.27. The third-order valence-corrected chi connectivity index (χ3v) is 6.21. The number of aryl methyl sites for hydroxylation is 1. The van der Waals surface area contributed by atoms with Gasteiger partial charge in [0.25, 0.3) is 0 Å². The molecule has 0 aliphatic heterocycles. The summed E-state index contributed by atoms with van der Waals surface area (Å²) < 4.78 is 18.1. The van der Waals surface area contributed by atoms with E-state index in [1.165, 1.54) is 29.4 Å². The van der Waals surface area contributed by atoms with Gasteiger partial charge in [-0.05, 0) is 37.3 Å². The lowest BCUT2D eigenvalue weighted by atomic mass is 10.0. The summed E-state index contributed by atoms with van der Waals surface area (Å²) in [6.45, 7) is 6.84. The van der Waals surface area contributed by atoms with Crippen molar-refractivity contribution in [1.29, 1.82) is 0 Å². The summed E-state index contributed by atoms with van der Waals surface area (Å²) in [4.78, 5) is 28.7. The van der Waals surface area contributed by atoms with Crippen molar-refractivity contribution in [1.82, 2.24) is 9.55 Å². The highest BCUT2D eigenvalue weighted by molar-refractivity contribution is 5.79. The van der Waals surface area contributed by atoms with Crippen LogP contribution in [0.4, 0.5) is 0 Å². The van der Waals surface area contributed by atoms with Crippen molar-refractivity contribution in [3.8, 4) is 11.3 Å². The number of hydrogen-bond acceptors (Lipinski definition) is 8. The van der Waals surface area contributed by atoms with Crippen molar-refractivity contribution >= 4 is 17.1 Å². The van der Waals surface area contributed by atoms with Crippen molar-refractivity contribution < 1.29 is 23.8 Å². The van der Waals surface area contributed by atoms with Crippen molar-refractivity contribution in [3.05, 3.63) is 52.6 Å². The Morgan fingerprint density at radius 2 is 1.92 bits per heavy atom. The van der Waals surface area contributed by atoms with Crippen LogP contribution in [-0.4, -0.2) is 45.5 Å². The molecule has 0 saturated heterocycles. The molecule has 0 spiro atoms. The lowest BCUT2D eigenvalue weighted by Gasteiger charge is -2.25. The van der Waals surface area contributed by atoms with Crippen LogP contribution in [0.25, 0.3) is 22.4 Å². The molecule has 36 heavy (non-hydrogen) atoms. The highest BCUT2D eigenvalue weighted by Gasteiger charge is 2.26. The normalized spacial score (nSPS) is 14.2. The number of esters is 1. The van der Waals surface area contributed by atoms with Crippen LogP contribution in [0.5, 0.6) is 0 Å². The van der Waals surface area contributed by atoms with Crippen LogP contribution in [0.3, 0.4) is 0 Å². The van der Waals surface area contributed by atoms with Crippen LogP contribution in [-0.2, 0) is 27.4 Å². The van der Waals surface area contributed by atoms with E-state index in [-0.39, 0.29) is 18.4 Å². The number of aliphatic hydroxyl groups is 1. The molecule has 0 aliphatic carbocycles. The number of furan rings is 1. The minimum absolute atomic E-state index is 0.0850. The smallest absolute Gasteiger partial charge is 0.352 e. The number of carbonyl (C=O) groups excluding carboxylic acids is 1. The van der Waals surface area contributed by atoms with Gasteiger partial charge >= 0.3 is 11.7 Å². The van der Waals surface area contributed by atoms with Gasteiger partial charge < -0.3 is 24.7 Å². The summed E-state index contributed by atoms with van der Waals surface area (Å²) in [6, 6.07) is 9.26. The lowest BCUT2D eigenvalue weighted by Crippen LogP contribution is -2.42. The van der Waals surface area contributed by atoms with Gasteiger partial charge in [0.2, 0.25) is 5.71 Å².